The maximum absolute atomic E-state index is 13.0. The Labute approximate surface area is 87.2 Å². The van der Waals surface area contributed by atoms with Crippen molar-refractivity contribution in [3.63, 3.8) is 0 Å². The molecule has 1 rings (SSSR count). The number of nitrogen functional groups attached to an aromatic ring is 1. The molecule has 0 atom stereocenters. The smallest absolute Gasteiger partial charge is 0.151 e. The van der Waals surface area contributed by atoms with Crippen LogP contribution < -0.4 is 11.1 Å². The molecule has 5 heteroatoms. The van der Waals surface area contributed by atoms with E-state index in [1.807, 2.05) is 6.92 Å². The Hall–Kier alpha value is -1.36. The van der Waals surface area contributed by atoms with Gasteiger partial charge in [-0.1, -0.05) is 0 Å². The highest BCUT2D eigenvalue weighted by molar-refractivity contribution is 5.66. The summed E-state index contributed by atoms with van der Waals surface area (Å²) in [5, 5.41) is 2.80. The lowest BCUT2D eigenvalue weighted by molar-refractivity contribution is 0.158. The fraction of sp³-hybridized carbons (Fsp3) is 0.400. The molecule has 15 heavy (non-hydrogen) atoms. The molecular weight excluding hydrogens is 202 g/mol. The number of hydrogen-bond acceptors (Lipinski definition) is 3. The zero-order valence-corrected chi connectivity index (χ0v) is 8.52. The molecule has 0 spiro atoms. The molecule has 3 nitrogen and oxygen atoms in total. The molecule has 0 aliphatic carbocycles. The summed E-state index contributed by atoms with van der Waals surface area (Å²) in [6.07, 6.45) is 0. The Morgan fingerprint density at radius 3 is 2.80 bits per heavy atom. The Bertz CT molecular complexity index is 331. The summed E-state index contributed by atoms with van der Waals surface area (Å²) in [7, 11) is 0. The third-order valence-corrected chi connectivity index (χ3v) is 1.86. The largest absolute Gasteiger partial charge is 0.395 e. The van der Waals surface area contributed by atoms with Gasteiger partial charge < -0.3 is 15.8 Å². The van der Waals surface area contributed by atoms with Crippen molar-refractivity contribution in [1.29, 1.82) is 0 Å². The van der Waals surface area contributed by atoms with Gasteiger partial charge in [0.05, 0.1) is 18.0 Å². The second-order valence-electron chi connectivity index (χ2n) is 2.97. The van der Waals surface area contributed by atoms with Gasteiger partial charge in [0.25, 0.3) is 0 Å². The summed E-state index contributed by atoms with van der Waals surface area (Å²) in [4.78, 5) is 0. The molecule has 0 aliphatic rings. The minimum atomic E-state index is -0.756. The average Bonchev–Trinajstić information content (AvgIpc) is 2.19. The second-order valence-corrected chi connectivity index (χ2v) is 2.97. The third kappa shape index (κ3) is 3.36. The summed E-state index contributed by atoms with van der Waals surface area (Å²) in [6, 6.07) is 1.91. The van der Waals surface area contributed by atoms with Gasteiger partial charge in [-0.15, -0.1) is 0 Å². The summed E-state index contributed by atoms with van der Waals surface area (Å²) in [5.74, 6) is -1.41. The summed E-state index contributed by atoms with van der Waals surface area (Å²) >= 11 is 0. The average molecular weight is 216 g/mol. The molecule has 0 aromatic heterocycles. The maximum atomic E-state index is 13.0. The van der Waals surface area contributed by atoms with Crippen molar-refractivity contribution in [1.82, 2.24) is 0 Å². The lowest BCUT2D eigenvalue weighted by Gasteiger charge is -2.09. The third-order valence-electron chi connectivity index (χ3n) is 1.86. The number of nitrogens with two attached hydrogens (primary N) is 1. The molecule has 1 aromatic rings. The Balaban J connectivity index is 2.60. The van der Waals surface area contributed by atoms with Crippen LogP contribution in [0.4, 0.5) is 20.2 Å². The number of benzene rings is 1. The van der Waals surface area contributed by atoms with E-state index in [-0.39, 0.29) is 11.4 Å². The lowest BCUT2D eigenvalue weighted by atomic mass is 10.2. The molecule has 0 bridgehead atoms. The highest BCUT2D eigenvalue weighted by atomic mass is 19.1. The minimum absolute atomic E-state index is 0.0760. The number of halogens is 2. The van der Waals surface area contributed by atoms with Crippen molar-refractivity contribution < 1.29 is 13.5 Å². The summed E-state index contributed by atoms with van der Waals surface area (Å²) < 4.78 is 30.9. The molecule has 0 radical (unpaired) electrons. The van der Waals surface area contributed by atoms with Gasteiger partial charge in [0.1, 0.15) is 5.82 Å². The van der Waals surface area contributed by atoms with Crippen LogP contribution >= 0.6 is 0 Å². The van der Waals surface area contributed by atoms with E-state index in [2.05, 4.69) is 5.32 Å². The molecule has 0 saturated heterocycles. The van der Waals surface area contributed by atoms with Gasteiger partial charge in [-0.2, -0.15) is 0 Å². The molecular formula is C10H14F2N2O. The standard InChI is InChI=1S/C10H14F2N2O/c1-2-15-4-3-14-9-6-7(11)5-8(12)10(9)13/h5-6,14H,2-4,13H2,1H3. The van der Waals surface area contributed by atoms with Gasteiger partial charge in [0.2, 0.25) is 0 Å². The maximum Gasteiger partial charge on any atom is 0.151 e. The van der Waals surface area contributed by atoms with Crippen LogP contribution in [-0.2, 0) is 4.74 Å². The zero-order valence-electron chi connectivity index (χ0n) is 8.52. The molecule has 0 heterocycles. The Morgan fingerprint density at radius 1 is 1.40 bits per heavy atom. The fourth-order valence-corrected chi connectivity index (χ4v) is 1.13. The SMILES string of the molecule is CCOCCNc1cc(F)cc(F)c1N. The zero-order chi connectivity index (χ0) is 11.3. The molecule has 0 fully saturated rings. The number of nitrogens with one attached hydrogen (secondary N) is 1. The van der Waals surface area contributed by atoms with Crippen molar-refractivity contribution >= 4 is 11.4 Å². The number of ether oxygens (including phenoxy) is 1. The van der Waals surface area contributed by atoms with Crippen molar-refractivity contribution in [2.45, 2.75) is 6.92 Å². The topological polar surface area (TPSA) is 47.3 Å². The van der Waals surface area contributed by atoms with Crippen LogP contribution in [0, 0.1) is 11.6 Å². The van der Waals surface area contributed by atoms with Gasteiger partial charge in [-0.25, -0.2) is 8.78 Å². The van der Waals surface area contributed by atoms with Gasteiger partial charge >= 0.3 is 0 Å². The predicted octanol–water partition coefficient (Wildman–Crippen LogP) is 2.00. The Morgan fingerprint density at radius 2 is 2.13 bits per heavy atom. The predicted molar refractivity (Wildman–Crippen MR) is 55.8 cm³/mol. The molecule has 0 amide bonds. The number of anilines is 2. The highest BCUT2D eigenvalue weighted by Gasteiger charge is 2.07. The molecule has 3 N–H and O–H groups in total. The van der Waals surface area contributed by atoms with Crippen molar-refractivity contribution in [2.75, 3.05) is 30.8 Å². The Kier molecular flexibility index (Phi) is 4.30. The van der Waals surface area contributed by atoms with Crippen molar-refractivity contribution in [3.8, 4) is 0 Å². The first-order valence-electron chi connectivity index (χ1n) is 4.71. The van der Waals surface area contributed by atoms with Crippen LogP contribution in [0.25, 0.3) is 0 Å². The van der Waals surface area contributed by atoms with E-state index < -0.39 is 11.6 Å². The van der Waals surface area contributed by atoms with E-state index in [0.29, 0.717) is 19.8 Å². The van der Waals surface area contributed by atoms with Gasteiger partial charge in [0.15, 0.2) is 5.82 Å². The fourth-order valence-electron chi connectivity index (χ4n) is 1.13. The van der Waals surface area contributed by atoms with Crippen LogP contribution in [0.2, 0.25) is 0 Å². The molecule has 1 aromatic carbocycles. The first-order chi connectivity index (χ1) is 7.15. The quantitative estimate of drug-likeness (QED) is 0.584. The van der Waals surface area contributed by atoms with E-state index >= 15 is 0 Å². The van der Waals surface area contributed by atoms with Crippen molar-refractivity contribution in [3.05, 3.63) is 23.8 Å². The lowest BCUT2D eigenvalue weighted by Crippen LogP contribution is -2.11. The second kappa shape index (κ2) is 5.50. The molecule has 0 unspecified atom stereocenters. The molecule has 84 valence electrons. The normalized spacial score (nSPS) is 10.3. The van der Waals surface area contributed by atoms with Gasteiger partial charge in [0, 0.05) is 19.2 Å². The summed E-state index contributed by atoms with van der Waals surface area (Å²) in [6.45, 7) is 3.40. The van der Waals surface area contributed by atoms with E-state index in [9.17, 15) is 8.78 Å². The van der Waals surface area contributed by atoms with Crippen LogP contribution in [0.3, 0.4) is 0 Å². The van der Waals surface area contributed by atoms with Crippen LogP contribution in [0.1, 0.15) is 6.92 Å². The van der Waals surface area contributed by atoms with E-state index in [1.54, 1.807) is 0 Å². The first-order valence-corrected chi connectivity index (χ1v) is 4.71. The van der Waals surface area contributed by atoms with Gasteiger partial charge in [-0.3, -0.25) is 0 Å². The van der Waals surface area contributed by atoms with Crippen LogP contribution in [0.5, 0.6) is 0 Å². The minimum Gasteiger partial charge on any atom is -0.395 e. The first kappa shape index (κ1) is 11.7. The van der Waals surface area contributed by atoms with Crippen LogP contribution in [-0.4, -0.2) is 19.8 Å². The van der Waals surface area contributed by atoms with E-state index in [1.165, 1.54) is 0 Å². The van der Waals surface area contributed by atoms with Crippen LogP contribution in [0.15, 0.2) is 12.1 Å². The summed E-state index contributed by atoms with van der Waals surface area (Å²) in [5.41, 5.74) is 5.60. The monoisotopic (exact) mass is 216 g/mol. The number of rotatable bonds is 5. The molecule has 0 saturated carbocycles. The van der Waals surface area contributed by atoms with Gasteiger partial charge in [-0.05, 0) is 13.0 Å². The highest BCUT2D eigenvalue weighted by Crippen LogP contribution is 2.22. The number of hydrogen-bond donors (Lipinski definition) is 2. The van der Waals surface area contributed by atoms with Crippen molar-refractivity contribution in [2.24, 2.45) is 0 Å². The molecule has 0 aliphatic heterocycles. The van der Waals surface area contributed by atoms with E-state index in [4.69, 9.17) is 10.5 Å². The van der Waals surface area contributed by atoms with E-state index in [0.717, 1.165) is 12.1 Å².